The Morgan fingerprint density at radius 3 is 2.73 bits per heavy atom. The number of hydrogen-bond acceptors (Lipinski definition) is 3. The van der Waals surface area contributed by atoms with Gasteiger partial charge in [-0.2, -0.15) is 0 Å². The van der Waals surface area contributed by atoms with Crippen LogP contribution < -0.4 is 5.32 Å². The van der Waals surface area contributed by atoms with Crippen LogP contribution in [0.15, 0.2) is 0 Å². The van der Waals surface area contributed by atoms with E-state index in [1.807, 2.05) is 0 Å². The topological polar surface area (TPSA) is 30.5 Å². The lowest BCUT2D eigenvalue weighted by molar-refractivity contribution is 0.00705. The van der Waals surface area contributed by atoms with E-state index in [1.165, 1.54) is 6.42 Å². The van der Waals surface area contributed by atoms with Gasteiger partial charge < -0.3 is 14.8 Å². The van der Waals surface area contributed by atoms with Gasteiger partial charge >= 0.3 is 0 Å². The Bertz CT molecular complexity index is 177. The Balaban J connectivity index is 2.28. The van der Waals surface area contributed by atoms with Crippen molar-refractivity contribution in [3.05, 3.63) is 0 Å². The first-order valence-corrected chi connectivity index (χ1v) is 5.87. The first-order chi connectivity index (χ1) is 7.05. The van der Waals surface area contributed by atoms with E-state index in [9.17, 15) is 0 Å². The summed E-state index contributed by atoms with van der Waals surface area (Å²) < 4.78 is 10.8. The van der Waals surface area contributed by atoms with Gasteiger partial charge in [0.1, 0.15) is 0 Å². The molecule has 0 aliphatic carbocycles. The second-order valence-corrected chi connectivity index (χ2v) is 5.40. The molecule has 1 aliphatic heterocycles. The fraction of sp³-hybridized carbons (Fsp3) is 1.00. The summed E-state index contributed by atoms with van der Waals surface area (Å²) >= 11 is 0. The van der Waals surface area contributed by atoms with E-state index in [2.05, 4.69) is 26.1 Å². The molecule has 0 amide bonds. The van der Waals surface area contributed by atoms with Crippen LogP contribution in [0.4, 0.5) is 0 Å². The summed E-state index contributed by atoms with van der Waals surface area (Å²) in [5, 5.41) is 3.43. The van der Waals surface area contributed by atoms with Crippen molar-refractivity contribution < 1.29 is 9.47 Å². The zero-order valence-corrected chi connectivity index (χ0v) is 10.5. The normalized spacial score (nSPS) is 27.2. The minimum absolute atomic E-state index is 0.254. The molecule has 3 heteroatoms. The number of ether oxygens (including phenoxy) is 2. The second kappa shape index (κ2) is 5.83. The quantitative estimate of drug-likeness (QED) is 0.708. The number of methoxy groups -OCH3 is 1. The summed E-state index contributed by atoms with van der Waals surface area (Å²) in [6, 6.07) is 0. The van der Waals surface area contributed by atoms with Crippen molar-refractivity contribution in [2.45, 2.75) is 33.3 Å². The van der Waals surface area contributed by atoms with Crippen molar-refractivity contribution in [3.8, 4) is 0 Å². The van der Waals surface area contributed by atoms with Gasteiger partial charge in [0.2, 0.25) is 0 Å². The lowest BCUT2D eigenvalue weighted by Crippen LogP contribution is -2.37. The molecule has 0 spiro atoms. The minimum Gasteiger partial charge on any atom is -0.383 e. The highest BCUT2D eigenvalue weighted by Gasteiger charge is 2.36. The van der Waals surface area contributed by atoms with Crippen LogP contribution in [0.1, 0.15) is 27.2 Å². The van der Waals surface area contributed by atoms with Gasteiger partial charge in [-0.25, -0.2) is 0 Å². The summed E-state index contributed by atoms with van der Waals surface area (Å²) in [6.07, 6.45) is 1.58. The molecule has 0 bridgehead atoms. The number of hydrogen-bond donors (Lipinski definition) is 1. The predicted octanol–water partition coefficient (Wildman–Crippen LogP) is 1.67. The van der Waals surface area contributed by atoms with E-state index >= 15 is 0 Å². The van der Waals surface area contributed by atoms with Crippen LogP contribution in [-0.2, 0) is 9.47 Å². The van der Waals surface area contributed by atoms with Crippen LogP contribution in [0.25, 0.3) is 0 Å². The lowest BCUT2D eigenvalue weighted by atomic mass is 9.81. The molecule has 1 fully saturated rings. The highest BCUT2D eigenvalue weighted by molar-refractivity contribution is 4.86. The van der Waals surface area contributed by atoms with Crippen LogP contribution in [0.3, 0.4) is 0 Å². The molecule has 1 rings (SSSR count). The van der Waals surface area contributed by atoms with Crippen LogP contribution in [-0.4, -0.2) is 39.5 Å². The van der Waals surface area contributed by atoms with Crippen LogP contribution in [0.2, 0.25) is 0 Å². The molecule has 0 aromatic rings. The van der Waals surface area contributed by atoms with E-state index in [4.69, 9.17) is 9.47 Å². The minimum atomic E-state index is 0.254. The molecule has 3 nitrogen and oxygen atoms in total. The van der Waals surface area contributed by atoms with Crippen LogP contribution >= 0.6 is 0 Å². The monoisotopic (exact) mass is 215 g/mol. The fourth-order valence-electron chi connectivity index (χ4n) is 2.26. The smallest absolute Gasteiger partial charge is 0.0664 e. The van der Waals surface area contributed by atoms with Gasteiger partial charge in [-0.1, -0.05) is 20.8 Å². The molecule has 2 unspecified atom stereocenters. The summed E-state index contributed by atoms with van der Waals surface area (Å²) in [5.74, 6) is 0.654. The van der Waals surface area contributed by atoms with E-state index in [0.717, 1.165) is 26.3 Å². The molecule has 0 saturated carbocycles. The van der Waals surface area contributed by atoms with Crippen molar-refractivity contribution >= 4 is 0 Å². The highest BCUT2D eigenvalue weighted by Crippen LogP contribution is 2.34. The molecular formula is C12H25NO2. The van der Waals surface area contributed by atoms with Gasteiger partial charge in [-0.3, -0.25) is 0 Å². The van der Waals surface area contributed by atoms with Crippen molar-refractivity contribution in [3.63, 3.8) is 0 Å². The molecular weight excluding hydrogens is 190 g/mol. The standard InChI is InChI=1S/C12H25NO2/c1-12(2,3)11-10(5-7-15-11)9-13-6-8-14-4/h10-11,13H,5-9H2,1-4H3. The van der Waals surface area contributed by atoms with Crippen LogP contribution in [0.5, 0.6) is 0 Å². The zero-order chi connectivity index (χ0) is 11.3. The maximum absolute atomic E-state index is 5.82. The van der Waals surface area contributed by atoms with Crippen molar-refractivity contribution in [2.75, 3.05) is 33.4 Å². The third kappa shape index (κ3) is 4.09. The predicted molar refractivity (Wildman–Crippen MR) is 62.0 cm³/mol. The highest BCUT2D eigenvalue weighted by atomic mass is 16.5. The average Bonchev–Trinajstić information content (AvgIpc) is 2.59. The van der Waals surface area contributed by atoms with E-state index < -0.39 is 0 Å². The molecule has 1 aliphatic rings. The van der Waals surface area contributed by atoms with Crippen molar-refractivity contribution in [1.29, 1.82) is 0 Å². The molecule has 15 heavy (non-hydrogen) atoms. The summed E-state index contributed by atoms with van der Waals surface area (Å²) in [5.41, 5.74) is 0.254. The molecule has 1 saturated heterocycles. The van der Waals surface area contributed by atoms with Crippen molar-refractivity contribution in [2.24, 2.45) is 11.3 Å². The Hall–Kier alpha value is -0.120. The fourth-order valence-corrected chi connectivity index (χ4v) is 2.26. The number of rotatable bonds is 5. The van der Waals surface area contributed by atoms with E-state index in [-0.39, 0.29) is 5.41 Å². The first kappa shape index (κ1) is 12.9. The lowest BCUT2D eigenvalue weighted by Gasteiger charge is -2.31. The third-order valence-electron chi connectivity index (χ3n) is 2.96. The van der Waals surface area contributed by atoms with Gasteiger partial charge in [0.15, 0.2) is 0 Å². The molecule has 0 aromatic heterocycles. The SMILES string of the molecule is COCCNCC1CCOC1C(C)(C)C. The summed E-state index contributed by atoms with van der Waals surface area (Å²) in [7, 11) is 1.73. The number of nitrogens with one attached hydrogen (secondary N) is 1. The Morgan fingerprint density at radius 2 is 2.13 bits per heavy atom. The Labute approximate surface area is 93.5 Å². The molecule has 90 valence electrons. The second-order valence-electron chi connectivity index (χ2n) is 5.40. The maximum atomic E-state index is 5.82. The first-order valence-electron chi connectivity index (χ1n) is 5.87. The summed E-state index contributed by atoms with van der Waals surface area (Å²) in [6.45, 7) is 10.4. The average molecular weight is 215 g/mol. The Morgan fingerprint density at radius 1 is 1.40 bits per heavy atom. The van der Waals surface area contributed by atoms with Crippen molar-refractivity contribution in [1.82, 2.24) is 5.32 Å². The van der Waals surface area contributed by atoms with Crippen LogP contribution in [0, 0.1) is 11.3 Å². The molecule has 0 radical (unpaired) electrons. The Kier molecular flexibility index (Phi) is 5.03. The summed E-state index contributed by atoms with van der Waals surface area (Å²) in [4.78, 5) is 0. The largest absolute Gasteiger partial charge is 0.383 e. The maximum Gasteiger partial charge on any atom is 0.0664 e. The molecule has 0 aromatic carbocycles. The molecule has 1 heterocycles. The van der Waals surface area contributed by atoms with E-state index in [1.54, 1.807) is 7.11 Å². The van der Waals surface area contributed by atoms with Gasteiger partial charge in [-0.15, -0.1) is 0 Å². The van der Waals surface area contributed by atoms with E-state index in [0.29, 0.717) is 12.0 Å². The molecule has 2 atom stereocenters. The zero-order valence-electron chi connectivity index (χ0n) is 10.5. The van der Waals surface area contributed by atoms with Gasteiger partial charge in [-0.05, 0) is 11.8 Å². The van der Waals surface area contributed by atoms with Gasteiger partial charge in [0.05, 0.1) is 12.7 Å². The van der Waals surface area contributed by atoms with Gasteiger partial charge in [0.25, 0.3) is 0 Å². The third-order valence-corrected chi connectivity index (χ3v) is 2.96. The van der Waals surface area contributed by atoms with Gasteiger partial charge in [0, 0.05) is 32.7 Å². The molecule has 1 N–H and O–H groups in total.